The molecule has 11 heteroatoms. The van der Waals surface area contributed by atoms with Gasteiger partial charge in [-0.15, -0.1) is 0 Å². The smallest absolute Gasteiger partial charge is 0.352 e. The van der Waals surface area contributed by atoms with E-state index in [0.29, 0.717) is 55.6 Å². The van der Waals surface area contributed by atoms with Crippen LogP contribution in [0.1, 0.15) is 0 Å². The average molecular weight is 457 g/mol. The van der Waals surface area contributed by atoms with Crippen molar-refractivity contribution in [3.05, 3.63) is 22.4 Å². The zero-order chi connectivity index (χ0) is 20.3. The first kappa shape index (κ1) is 20.8. The number of carbonyl (C=O) groups is 1. The highest BCUT2D eigenvalue weighted by Crippen LogP contribution is 2.33. The van der Waals surface area contributed by atoms with Gasteiger partial charge in [-0.1, -0.05) is 0 Å². The Bertz CT molecular complexity index is 774. The largest absolute Gasteiger partial charge is 0.477 e. The minimum absolute atomic E-state index is 0.116. The molecule has 0 amide bonds. The molecule has 10 nitrogen and oxygen atoms in total. The zero-order valence-corrected chi connectivity index (χ0v) is 17.8. The Hall–Kier alpha value is -1.95. The van der Waals surface area contributed by atoms with Crippen LogP contribution in [0.3, 0.4) is 0 Å². The number of likely N-dealkylation sites (N-methyl/N-ethyl adjacent to an activating group) is 1. The van der Waals surface area contributed by atoms with Gasteiger partial charge in [0.05, 0.1) is 24.3 Å². The summed E-state index contributed by atoms with van der Waals surface area (Å²) in [6.45, 7) is 3.56. The van der Waals surface area contributed by atoms with E-state index in [1.165, 1.54) is 0 Å². The molecule has 1 aromatic heterocycles. The average Bonchev–Trinajstić information content (AvgIpc) is 3.03. The van der Waals surface area contributed by atoms with Gasteiger partial charge in [-0.05, 0) is 15.9 Å². The summed E-state index contributed by atoms with van der Waals surface area (Å²) in [5, 5.41) is 14.4. The highest BCUT2D eigenvalue weighted by atomic mass is 79.9. The van der Waals surface area contributed by atoms with Crippen molar-refractivity contribution in [2.24, 2.45) is 12.0 Å². The third-order valence-corrected chi connectivity index (χ3v) is 5.17. The number of carboxylic acids is 1. The van der Waals surface area contributed by atoms with Crippen molar-refractivity contribution >= 4 is 33.6 Å². The predicted octanol–water partition coefficient (Wildman–Crippen LogP) is 0.564. The molecular formula is C17H25BrN6O4. The maximum Gasteiger partial charge on any atom is 0.352 e. The quantitative estimate of drug-likeness (QED) is 0.663. The first-order chi connectivity index (χ1) is 13.4. The Balaban J connectivity index is 2.04. The number of nitrogens with zero attached hydrogens (tertiary/aromatic N) is 6. The number of methoxy groups -OCH3 is 1. The standard InChI is InChI=1S/C17H25BrN6O4/c1-21(4-7-27-3)14-10-13(16(25)26)24(15-12(18)11-22(2)20-15)17(19-14)23-5-8-28-9-6-23/h10-11,17H,4-9H2,1-3H3,(H,25,26). The van der Waals surface area contributed by atoms with Gasteiger partial charge in [0.15, 0.2) is 12.1 Å². The molecule has 3 heterocycles. The van der Waals surface area contributed by atoms with Crippen LogP contribution in [0.5, 0.6) is 0 Å². The molecule has 1 N–H and O–H groups in total. The molecule has 0 bridgehead atoms. The zero-order valence-electron chi connectivity index (χ0n) is 16.2. The molecule has 3 rings (SSSR count). The fraction of sp³-hybridized carbons (Fsp3) is 0.588. The number of amidine groups is 1. The number of halogens is 1. The monoisotopic (exact) mass is 456 g/mol. The molecule has 154 valence electrons. The lowest BCUT2D eigenvalue weighted by Crippen LogP contribution is -2.55. The molecule has 0 saturated carbocycles. The van der Waals surface area contributed by atoms with Crippen molar-refractivity contribution in [3.63, 3.8) is 0 Å². The number of aliphatic carboxylic acids is 1. The minimum Gasteiger partial charge on any atom is -0.477 e. The second kappa shape index (κ2) is 9.03. The molecule has 0 radical (unpaired) electrons. The number of hydrogen-bond acceptors (Lipinski definition) is 8. The number of morpholine rings is 1. The van der Waals surface area contributed by atoms with E-state index >= 15 is 0 Å². The molecule has 0 aliphatic carbocycles. The first-order valence-electron chi connectivity index (χ1n) is 8.95. The second-order valence-corrected chi connectivity index (χ2v) is 7.43. The molecule has 1 atom stereocenters. The van der Waals surface area contributed by atoms with E-state index in [9.17, 15) is 9.90 Å². The summed E-state index contributed by atoms with van der Waals surface area (Å²) >= 11 is 3.50. The van der Waals surface area contributed by atoms with Crippen LogP contribution in [0.15, 0.2) is 27.4 Å². The van der Waals surface area contributed by atoms with Crippen LogP contribution in [-0.4, -0.2) is 96.4 Å². The van der Waals surface area contributed by atoms with Gasteiger partial charge >= 0.3 is 5.97 Å². The second-order valence-electron chi connectivity index (χ2n) is 6.58. The number of aromatic nitrogens is 2. The number of aryl methyl sites for hydroxylation is 1. The minimum atomic E-state index is -1.04. The van der Waals surface area contributed by atoms with Crippen LogP contribution in [0.25, 0.3) is 0 Å². The summed E-state index contributed by atoms with van der Waals surface area (Å²) in [7, 11) is 5.29. The SMILES string of the molecule is COCCN(C)C1=NC(N2CCOCC2)N(c2nn(C)cc2Br)C(C(=O)O)=C1. The van der Waals surface area contributed by atoms with Gasteiger partial charge in [0.25, 0.3) is 0 Å². The van der Waals surface area contributed by atoms with Gasteiger partial charge < -0.3 is 19.5 Å². The summed E-state index contributed by atoms with van der Waals surface area (Å²) in [6.07, 6.45) is 2.83. The van der Waals surface area contributed by atoms with Crippen molar-refractivity contribution in [1.29, 1.82) is 0 Å². The fourth-order valence-electron chi connectivity index (χ4n) is 3.13. The van der Waals surface area contributed by atoms with Gasteiger partial charge in [0.2, 0.25) is 0 Å². The van der Waals surface area contributed by atoms with E-state index in [-0.39, 0.29) is 5.70 Å². The lowest BCUT2D eigenvalue weighted by atomic mass is 10.2. The van der Waals surface area contributed by atoms with Crippen LogP contribution in [-0.2, 0) is 21.3 Å². The molecule has 1 unspecified atom stereocenters. The fourth-order valence-corrected chi connectivity index (χ4v) is 3.70. The number of anilines is 1. The third-order valence-electron chi connectivity index (χ3n) is 4.61. The van der Waals surface area contributed by atoms with E-state index in [0.717, 1.165) is 0 Å². The summed E-state index contributed by atoms with van der Waals surface area (Å²) in [5.41, 5.74) is 0.116. The lowest BCUT2D eigenvalue weighted by molar-refractivity contribution is -0.133. The summed E-state index contributed by atoms with van der Waals surface area (Å²) in [4.78, 5) is 22.7. The highest BCUT2D eigenvalue weighted by molar-refractivity contribution is 9.10. The third kappa shape index (κ3) is 4.37. The van der Waals surface area contributed by atoms with E-state index in [1.54, 1.807) is 36.0 Å². The summed E-state index contributed by atoms with van der Waals surface area (Å²) < 4.78 is 12.9. The van der Waals surface area contributed by atoms with Gasteiger partial charge in [0, 0.05) is 53.1 Å². The molecule has 2 aliphatic rings. The van der Waals surface area contributed by atoms with Crippen molar-refractivity contribution in [3.8, 4) is 0 Å². The lowest BCUT2D eigenvalue weighted by Gasteiger charge is -2.41. The van der Waals surface area contributed by atoms with Gasteiger partial charge in [-0.3, -0.25) is 14.5 Å². The normalized spacial score (nSPS) is 20.7. The van der Waals surface area contributed by atoms with E-state index in [1.807, 2.05) is 11.9 Å². The van der Waals surface area contributed by atoms with Crippen molar-refractivity contribution < 1.29 is 19.4 Å². The Morgan fingerprint density at radius 2 is 2.18 bits per heavy atom. The molecule has 28 heavy (non-hydrogen) atoms. The summed E-state index contributed by atoms with van der Waals surface area (Å²) in [5.74, 6) is 0.0626. The molecule has 2 aliphatic heterocycles. The van der Waals surface area contributed by atoms with Crippen molar-refractivity contribution in [2.75, 3.05) is 58.5 Å². The van der Waals surface area contributed by atoms with E-state index < -0.39 is 12.3 Å². The Morgan fingerprint density at radius 3 is 2.75 bits per heavy atom. The maximum atomic E-state index is 12.2. The molecular weight excluding hydrogens is 432 g/mol. The summed E-state index contributed by atoms with van der Waals surface area (Å²) in [6, 6.07) is 0. The topological polar surface area (TPSA) is 95.7 Å². The van der Waals surface area contributed by atoms with Gasteiger partial charge in [0.1, 0.15) is 11.5 Å². The van der Waals surface area contributed by atoms with Crippen LogP contribution < -0.4 is 4.90 Å². The van der Waals surface area contributed by atoms with Crippen LogP contribution >= 0.6 is 15.9 Å². The molecule has 0 aromatic carbocycles. The van der Waals surface area contributed by atoms with Gasteiger partial charge in [-0.2, -0.15) is 5.10 Å². The predicted molar refractivity (Wildman–Crippen MR) is 107 cm³/mol. The number of carboxylic acid groups (broad SMARTS) is 1. The van der Waals surface area contributed by atoms with Gasteiger partial charge in [-0.25, -0.2) is 9.79 Å². The van der Waals surface area contributed by atoms with E-state index in [2.05, 4.69) is 25.9 Å². The maximum absolute atomic E-state index is 12.2. The number of hydrogen-bond donors (Lipinski definition) is 1. The van der Waals surface area contributed by atoms with Crippen LogP contribution in [0, 0.1) is 0 Å². The molecule has 1 saturated heterocycles. The molecule has 0 spiro atoms. The number of rotatable bonds is 6. The Kier molecular flexibility index (Phi) is 6.70. The van der Waals surface area contributed by atoms with Crippen LogP contribution in [0.2, 0.25) is 0 Å². The molecule has 1 fully saturated rings. The molecule has 1 aromatic rings. The van der Waals surface area contributed by atoms with E-state index in [4.69, 9.17) is 14.5 Å². The first-order valence-corrected chi connectivity index (χ1v) is 9.74. The number of aliphatic imine (C=N–C) groups is 1. The highest BCUT2D eigenvalue weighted by Gasteiger charge is 2.37. The number of ether oxygens (including phenoxy) is 2. The van der Waals surface area contributed by atoms with Crippen LogP contribution in [0.4, 0.5) is 5.82 Å². The van der Waals surface area contributed by atoms with Crippen molar-refractivity contribution in [2.45, 2.75) is 6.29 Å². The Labute approximate surface area is 172 Å². The Morgan fingerprint density at radius 1 is 1.46 bits per heavy atom. The van der Waals surface area contributed by atoms with Crippen molar-refractivity contribution in [1.82, 2.24) is 19.6 Å².